The Morgan fingerprint density at radius 3 is 2.59 bits per heavy atom. The fourth-order valence-electron chi connectivity index (χ4n) is 3.63. The maximum absolute atomic E-state index is 12.4. The minimum absolute atomic E-state index is 0.0268. The SMILES string of the molecule is CCN(CCO)c1ccc(-c2cc(-c3ccccc3O)nc(N)c2C#N)cc1NC(=O)[C@H](C)N. The van der Waals surface area contributed by atoms with Crippen LogP contribution < -0.4 is 21.7 Å². The Kier molecular flexibility index (Phi) is 7.68. The first-order chi connectivity index (χ1) is 16.3. The number of benzene rings is 2. The van der Waals surface area contributed by atoms with Gasteiger partial charge in [0.15, 0.2) is 0 Å². The van der Waals surface area contributed by atoms with Gasteiger partial charge < -0.3 is 31.9 Å². The van der Waals surface area contributed by atoms with E-state index in [1.54, 1.807) is 49.4 Å². The maximum Gasteiger partial charge on any atom is 0.241 e. The number of carbonyl (C=O) groups excluding carboxylic acids is 1. The topological polar surface area (TPSA) is 162 Å². The number of aromatic hydroxyl groups is 1. The van der Waals surface area contributed by atoms with Gasteiger partial charge >= 0.3 is 0 Å². The molecule has 0 saturated heterocycles. The number of nitrogen functional groups attached to an aromatic ring is 1. The zero-order valence-corrected chi connectivity index (χ0v) is 19.1. The Morgan fingerprint density at radius 2 is 1.97 bits per heavy atom. The van der Waals surface area contributed by atoms with Crippen LogP contribution in [0.2, 0.25) is 0 Å². The molecule has 3 aromatic rings. The predicted octanol–water partition coefficient (Wildman–Crippen LogP) is 2.68. The van der Waals surface area contributed by atoms with Gasteiger partial charge in [-0.25, -0.2) is 4.98 Å². The van der Waals surface area contributed by atoms with E-state index < -0.39 is 6.04 Å². The molecule has 0 saturated carbocycles. The van der Waals surface area contributed by atoms with E-state index in [0.717, 1.165) is 0 Å². The van der Waals surface area contributed by atoms with Crippen molar-refractivity contribution in [1.29, 1.82) is 5.26 Å². The van der Waals surface area contributed by atoms with Gasteiger partial charge in [-0.3, -0.25) is 4.79 Å². The molecule has 0 radical (unpaired) electrons. The van der Waals surface area contributed by atoms with Gasteiger partial charge in [-0.05, 0) is 49.7 Å². The molecule has 0 fully saturated rings. The standard InChI is InChI=1S/C25H28N6O3/c1-3-31(10-11-32)22-9-8-16(12-21(22)30-25(34)15(2)27)18-13-20(29-24(28)19(18)14-26)17-6-4-5-7-23(17)33/h4-9,12-13,15,32-33H,3,10-11,27H2,1-2H3,(H2,28,29)(H,30,34)/t15-/m0/s1. The van der Waals surface area contributed by atoms with Crippen molar-refractivity contribution in [2.45, 2.75) is 19.9 Å². The minimum atomic E-state index is -0.733. The third kappa shape index (κ3) is 5.09. The van der Waals surface area contributed by atoms with Gasteiger partial charge in [-0.2, -0.15) is 5.26 Å². The van der Waals surface area contributed by atoms with Gasteiger partial charge in [-0.1, -0.05) is 18.2 Å². The Balaban J connectivity index is 2.21. The number of hydrogen-bond acceptors (Lipinski definition) is 8. The molecule has 0 unspecified atom stereocenters. The molecule has 0 aliphatic heterocycles. The monoisotopic (exact) mass is 460 g/mol. The van der Waals surface area contributed by atoms with Crippen LogP contribution in [-0.4, -0.2) is 46.8 Å². The quantitative estimate of drug-likeness (QED) is 0.343. The second-order valence-corrected chi connectivity index (χ2v) is 7.76. The third-order valence-electron chi connectivity index (χ3n) is 5.41. The van der Waals surface area contributed by atoms with Crippen LogP contribution in [0.25, 0.3) is 22.4 Å². The zero-order chi connectivity index (χ0) is 24.8. The summed E-state index contributed by atoms with van der Waals surface area (Å²) in [6.07, 6.45) is 0. The molecule has 9 heteroatoms. The Labute approximate surface area is 198 Å². The number of rotatable bonds is 8. The number of nitrogens with one attached hydrogen (secondary N) is 1. The van der Waals surface area contributed by atoms with Gasteiger partial charge in [0.2, 0.25) is 5.91 Å². The molecule has 1 heterocycles. The molecule has 0 aliphatic carbocycles. The van der Waals surface area contributed by atoms with Crippen molar-refractivity contribution >= 4 is 23.1 Å². The number of phenolic OH excluding ortho intramolecular Hbond substituents is 1. The lowest BCUT2D eigenvalue weighted by molar-refractivity contribution is -0.117. The first-order valence-corrected chi connectivity index (χ1v) is 10.9. The van der Waals surface area contributed by atoms with E-state index in [0.29, 0.717) is 46.8 Å². The fraction of sp³-hybridized carbons (Fsp3) is 0.240. The second-order valence-electron chi connectivity index (χ2n) is 7.76. The minimum Gasteiger partial charge on any atom is -0.507 e. The normalized spacial score (nSPS) is 11.5. The van der Waals surface area contributed by atoms with E-state index >= 15 is 0 Å². The van der Waals surface area contributed by atoms with Crippen LogP contribution in [0.15, 0.2) is 48.5 Å². The summed E-state index contributed by atoms with van der Waals surface area (Å²) in [4.78, 5) is 18.6. The van der Waals surface area contributed by atoms with Crippen LogP contribution in [0.4, 0.5) is 17.2 Å². The molecule has 176 valence electrons. The smallest absolute Gasteiger partial charge is 0.241 e. The number of carbonyl (C=O) groups is 1. The number of aliphatic hydroxyl groups excluding tert-OH is 1. The summed E-state index contributed by atoms with van der Waals surface area (Å²) in [5.74, 6) is -0.310. The fourth-order valence-corrected chi connectivity index (χ4v) is 3.63. The van der Waals surface area contributed by atoms with Crippen molar-refractivity contribution in [3.63, 3.8) is 0 Å². The summed E-state index contributed by atoms with van der Waals surface area (Å²) in [6, 6.07) is 15.1. The van der Waals surface area contributed by atoms with Gasteiger partial charge in [0.25, 0.3) is 0 Å². The molecule has 1 atom stereocenters. The molecular formula is C25H28N6O3. The van der Waals surface area contributed by atoms with E-state index in [-0.39, 0.29) is 29.6 Å². The van der Waals surface area contributed by atoms with E-state index in [1.165, 1.54) is 0 Å². The predicted molar refractivity (Wildman–Crippen MR) is 133 cm³/mol. The molecule has 34 heavy (non-hydrogen) atoms. The van der Waals surface area contributed by atoms with Crippen molar-refractivity contribution in [2.75, 3.05) is 35.6 Å². The van der Waals surface area contributed by atoms with Crippen molar-refractivity contribution < 1.29 is 15.0 Å². The number of aliphatic hydroxyl groups is 1. The number of amides is 1. The molecule has 2 aromatic carbocycles. The van der Waals surface area contributed by atoms with Crippen LogP contribution >= 0.6 is 0 Å². The average Bonchev–Trinajstić information content (AvgIpc) is 2.82. The zero-order valence-electron chi connectivity index (χ0n) is 19.1. The summed E-state index contributed by atoms with van der Waals surface area (Å²) in [6.45, 7) is 4.44. The Morgan fingerprint density at radius 1 is 1.24 bits per heavy atom. The third-order valence-corrected chi connectivity index (χ3v) is 5.41. The van der Waals surface area contributed by atoms with E-state index in [4.69, 9.17) is 11.5 Å². The van der Waals surface area contributed by atoms with Crippen LogP contribution in [-0.2, 0) is 4.79 Å². The van der Waals surface area contributed by atoms with Crippen molar-refractivity contribution in [3.05, 3.63) is 54.1 Å². The van der Waals surface area contributed by atoms with Gasteiger partial charge in [0, 0.05) is 24.2 Å². The van der Waals surface area contributed by atoms with Crippen LogP contribution in [0.3, 0.4) is 0 Å². The van der Waals surface area contributed by atoms with Gasteiger partial charge in [-0.15, -0.1) is 0 Å². The lowest BCUT2D eigenvalue weighted by atomic mass is 9.97. The second kappa shape index (κ2) is 10.7. The highest BCUT2D eigenvalue weighted by atomic mass is 16.3. The van der Waals surface area contributed by atoms with Crippen molar-refractivity contribution in [1.82, 2.24) is 4.98 Å². The first kappa shape index (κ1) is 24.5. The number of hydrogen-bond donors (Lipinski definition) is 5. The molecule has 1 amide bonds. The van der Waals surface area contributed by atoms with Gasteiger partial charge in [0.1, 0.15) is 23.2 Å². The maximum atomic E-state index is 12.4. The first-order valence-electron chi connectivity index (χ1n) is 10.9. The summed E-state index contributed by atoms with van der Waals surface area (Å²) < 4.78 is 0. The molecule has 3 rings (SSSR count). The number of para-hydroxylation sites is 1. The van der Waals surface area contributed by atoms with Crippen LogP contribution in [0, 0.1) is 11.3 Å². The largest absolute Gasteiger partial charge is 0.507 e. The lowest BCUT2D eigenvalue weighted by Gasteiger charge is -2.26. The summed E-state index contributed by atoms with van der Waals surface area (Å²) in [7, 11) is 0. The number of nitriles is 1. The van der Waals surface area contributed by atoms with Crippen LogP contribution in [0.5, 0.6) is 5.75 Å². The molecule has 9 nitrogen and oxygen atoms in total. The highest BCUT2D eigenvalue weighted by Gasteiger charge is 2.19. The summed E-state index contributed by atoms with van der Waals surface area (Å²) >= 11 is 0. The number of phenols is 1. The number of pyridine rings is 1. The number of nitrogens with two attached hydrogens (primary N) is 2. The molecule has 0 spiro atoms. The van der Waals surface area contributed by atoms with E-state index in [2.05, 4.69) is 16.4 Å². The molecular weight excluding hydrogens is 432 g/mol. The van der Waals surface area contributed by atoms with Crippen molar-refractivity contribution in [3.8, 4) is 34.2 Å². The van der Waals surface area contributed by atoms with Crippen LogP contribution in [0.1, 0.15) is 19.4 Å². The Hall–Kier alpha value is -4.13. The lowest BCUT2D eigenvalue weighted by Crippen LogP contribution is -2.34. The number of anilines is 3. The summed E-state index contributed by atoms with van der Waals surface area (Å²) in [5.41, 5.74) is 15.2. The highest BCUT2D eigenvalue weighted by Crippen LogP contribution is 2.37. The molecule has 0 aliphatic rings. The highest BCUT2D eigenvalue weighted by molar-refractivity contribution is 5.98. The number of nitrogens with zero attached hydrogens (tertiary/aromatic N) is 3. The number of likely N-dealkylation sites (N-methyl/N-ethyl adjacent to an activating group) is 1. The molecule has 7 N–H and O–H groups in total. The van der Waals surface area contributed by atoms with E-state index in [1.807, 2.05) is 17.9 Å². The average molecular weight is 461 g/mol. The van der Waals surface area contributed by atoms with Gasteiger partial charge in [0.05, 0.1) is 29.7 Å². The summed E-state index contributed by atoms with van der Waals surface area (Å²) in [5, 5.41) is 32.4. The molecule has 1 aromatic heterocycles. The van der Waals surface area contributed by atoms with Crippen molar-refractivity contribution in [2.24, 2.45) is 5.73 Å². The van der Waals surface area contributed by atoms with E-state index in [9.17, 15) is 20.3 Å². The number of aromatic nitrogens is 1. The Bertz CT molecular complexity index is 1240. The molecule has 0 bridgehead atoms.